The molecule has 1 aliphatic rings. The van der Waals surface area contributed by atoms with E-state index in [4.69, 9.17) is 0 Å². The highest BCUT2D eigenvalue weighted by Crippen LogP contribution is 2.33. The second kappa shape index (κ2) is 5.57. The molecule has 2 N–H and O–H groups in total. The van der Waals surface area contributed by atoms with Gasteiger partial charge in [0.1, 0.15) is 17.6 Å². The Kier molecular flexibility index (Phi) is 4.04. The van der Waals surface area contributed by atoms with E-state index in [1.807, 2.05) is 4.90 Å². The first-order valence-corrected chi connectivity index (χ1v) is 6.47. The minimum Gasteiger partial charge on any atom is -0.508 e. The Bertz CT molecular complexity index is 478. The molecule has 5 heteroatoms. The molecule has 0 saturated carbocycles. The average Bonchev–Trinajstić information content (AvgIpc) is 2.40. The second-order valence-corrected chi connectivity index (χ2v) is 4.97. The summed E-state index contributed by atoms with van der Waals surface area (Å²) in [5, 5.41) is 19.1. The first kappa shape index (κ1) is 13.8. The molecule has 0 aliphatic carbocycles. The van der Waals surface area contributed by atoms with Crippen molar-refractivity contribution >= 4 is 5.97 Å². The number of likely N-dealkylation sites (tertiary alicyclic amines) is 1. The molecule has 1 aromatic carbocycles. The zero-order chi connectivity index (χ0) is 14.0. The van der Waals surface area contributed by atoms with Crippen LogP contribution in [0.25, 0.3) is 0 Å². The molecule has 2 atom stereocenters. The predicted molar refractivity (Wildman–Crippen MR) is 68.5 cm³/mol. The first-order valence-electron chi connectivity index (χ1n) is 6.47. The fourth-order valence-electron chi connectivity index (χ4n) is 2.72. The molecule has 0 radical (unpaired) electrons. The number of piperidine rings is 1. The van der Waals surface area contributed by atoms with Crippen LogP contribution in [0.3, 0.4) is 0 Å². The number of carbonyl (C=O) groups is 1. The molecule has 1 fully saturated rings. The SMILES string of the molecule is CC(c1cc(F)ccc1O)N1CCCCC1C(=O)O. The maximum absolute atomic E-state index is 13.3. The Labute approximate surface area is 111 Å². The minimum absolute atomic E-state index is 0.00334. The molecule has 0 bridgehead atoms. The van der Waals surface area contributed by atoms with E-state index in [0.29, 0.717) is 18.5 Å². The number of hydrogen-bond donors (Lipinski definition) is 2. The molecule has 1 heterocycles. The van der Waals surface area contributed by atoms with Gasteiger partial charge in [-0.15, -0.1) is 0 Å². The second-order valence-electron chi connectivity index (χ2n) is 4.97. The van der Waals surface area contributed by atoms with Gasteiger partial charge < -0.3 is 10.2 Å². The van der Waals surface area contributed by atoms with E-state index in [2.05, 4.69) is 0 Å². The fourth-order valence-corrected chi connectivity index (χ4v) is 2.72. The van der Waals surface area contributed by atoms with E-state index in [1.54, 1.807) is 6.92 Å². The lowest BCUT2D eigenvalue weighted by molar-refractivity contribution is -0.145. The Morgan fingerprint density at radius 3 is 2.89 bits per heavy atom. The summed E-state index contributed by atoms with van der Waals surface area (Å²) in [6, 6.07) is 2.88. The van der Waals surface area contributed by atoms with E-state index in [9.17, 15) is 19.4 Å². The number of phenols is 1. The summed E-state index contributed by atoms with van der Waals surface area (Å²) in [5.74, 6) is -1.28. The van der Waals surface area contributed by atoms with Crippen LogP contribution in [0.5, 0.6) is 5.75 Å². The number of halogens is 1. The maximum Gasteiger partial charge on any atom is 0.320 e. The normalized spacial score (nSPS) is 22.1. The smallest absolute Gasteiger partial charge is 0.320 e. The van der Waals surface area contributed by atoms with Crippen LogP contribution < -0.4 is 0 Å². The number of rotatable bonds is 3. The summed E-state index contributed by atoms with van der Waals surface area (Å²) in [7, 11) is 0. The number of benzene rings is 1. The van der Waals surface area contributed by atoms with Crippen molar-refractivity contribution in [2.75, 3.05) is 6.54 Å². The van der Waals surface area contributed by atoms with Gasteiger partial charge in [-0.1, -0.05) is 6.42 Å². The number of hydrogen-bond acceptors (Lipinski definition) is 3. The number of carboxylic acids is 1. The van der Waals surface area contributed by atoms with E-state index in [0.717, 1.165) is 12.8 Å². The molecular weight excluding hydrogens is 249 g/mol. The van der Waals surface area contributed by atoms with Crippen molar-refractivity contribution < 1.29 is 19.4 Å². The van der Waals surface area contributed by atoms with Crippen molar-refractivity contribution in [3.05, 3.63) is 29.6 Å². The fraction of sp³-hybridized carbons (Fsp3) is 0.500. The molecule has 2 rings (SSSR count). The van der Waals surface area contributed by atoms with Crippen LogP contribution in [-0.2, 0) is 4.79 Å². The van der Waals surface area contributed by atoms with Crippen LogP contribution in [0.4, 0.5) is 4.39 Å². The van der Waals surface area contributed by atoms with Crippen molar-refractivity contribution in [1.29, 1.82) is 0 Å². The summed E-state index contributed by atoms with van der Waals surface area (Å²) >= 11 is 0. The van der Waals surface area contributed by atoms with E-state index in [1.165, 1.54) is 18.2 Å². The van der Waals surface area contributed by atoms with Gasteiger partial charge in [0.15, 0.2) is 0 Å². The minimum atomic E-state index is -0.859. The Morgan fingerprint density at radius 1 is 1.47 bits per heavy atom. The zero-order valence-electron chi connectivity index (χ0n) is 10.8. The molecule has 4 nitrogen and oxygen atoms in total. The van der Waals surface area contributed by atoms with E-state index >= 15 is 0 Å². The topological polar surface area (TPSA) is 60.8 Å². The maximum atomic E-state index is 13.3. The third-order valence-corrected chi connectivity index (χ3v) is 3.77. The number of nitrogens with zero attached hydrogens (tertiary/aromatic N) is 1. The molecule has 0 spiro atoms. The van der Waals surface area contributed by atoms with Crippen molar-refractivity contribution in [2.24, 2.45) is 0 Å². The molecule has 1 aromatic rings. The van der Waals surface area contributed by atoms with Crippen molar-refractivity contribution in [3.8, 4) is 5.75 Å². The lowest BCUT2D eigenvalue weighted by Gasteiger charge is -2.37. The molecular formula is C14H18FNO3. The molecule has 1 saturated heterocycles. The van der Waals surface area contributed by atoms with Gasteiger partial charge >= 0.3 is 5.97 Å². The highest BCUT2D eigenvalue weighted by molar-refractivity contribution is 5.73. The molecule has 104 valence electrons. The van der Waals surface area contributed by atoms with E-state index < -0.39 is 17.8 Å². The summed E-state index contributed by atoms with van der Waals surface area (Å²) in [6.07, 6.45) is 2.40. The third kappa shape index (κ3) is 2.87. The molecule has 19 heavy (non-hydrogen) atoms. The Morgan fingerprint density at radius 2 is 2.21 bits per heavy atom. The number of aliphatic carboxylic acids is 1. The molecule has 2 unspecified atom stereocenters. The lowest BCUT2D eigenvalue weighted by atomic mass is 9.96. The van der Waals surface area contributed by atoms with Gasteiger partial charge in [-0.3, -0.25) is 9.69 Å². The molecule has 1 aliphatic heterocycles. The molecule has 0 aromatic heterocycles. The quantitative estimate of drug-likeness (QED) is 0.883. The highest BCUT2D eigenvalue weighted by Gasteiger charge is 2.33. The van der Waals surface area contributed by atoms with Crippen LogP contribution in [-0.4, -0.2) is 33.7 Å². The van der Waals surface area contributed by atoms with Gasteiger partial charge in [-0.2, -0.15) is 0 Å². The van der Waals surface area contributed by atoms with Gasteiger partial charge in [-0.05, 0) is 44.5 Å². The largest absolute Gasteiger partial charge is 0.508 e. The third-order valence-electron chi connectivity index (χ3n) is 3.77. The Hall–Kier alpha value is -1.62. The number of phenolic OH excluding ortho intramolecular Hbond substituents is 1. The summed E-state index contributed by atoms with van der Waals surface area (Å²) in [4.78, 5) is 13.1. The average molecular weight is 267 g/mol. The van der Waals surface area contributed by atoms with Crippen LogP contribution in [0.1, 0.15) is 37.8 Å². The first-order chi connectivity index (χ1) is 9.00. The van der Waals surface area contributed by atoms with Gasteiger partial charge in [0.05, 0.1) is 0 Å². The van der Waals surface area contributed by atoms with Crippen LogP contribution in [0.2, 0.25) is 0 Å². The summed E-state index contributed by atoms with van der Waals surface area (Å²) in [6.45, 7) is 2.45. The number of carboxylic acid groups (broad SMARTS) is 1. The van der Waals surface area contributed by atoms with Crippen LogP contribution >= 0.6 is 0 Å². The standard InChI is InChI=1S/C14H18FNO3/c1-9(11-8-10(15)5-6-13(11)17)16-7-3-2-4-12(16)14(18)19/h5-6,8-9,12,17H,2-4,7H2,1H3,(H,18,19). The summed E-state index contributed by atoms with van der Waals surface area (Å²) in [5.41, 5.74) is 0.438. The van der Waals surface area contributed by atoms with Gasteiger partial charge in [0, 0.05) is 11.6 Å². The van der Waals surface area contributed by atoms with Crippen LogP contribution in [0.15, 0.2) is 18.2 Å². The Balaban J connectivity index is 2.28. The van der Waals surface area contributed by atoms with Gasteiger partial charge in [-0.25, -0.2) is 4.39 Å². The van der Waals surface area contributed by atoms with Crippen molar-refractivity contribution in [1.82, 2.24) is 4.90 Å². The van der Waals surface area contributed by atoms with Crippen molar-refractivity contribution in [3.63, 3.8) is 0 Å². The highest BCUT2D eigenvalue weighted by atomic mass is 19.1. The molecule has 0 amide bonds. The lowest BCUT2D eigenvalue weighted by Crippen LogP contribution is -2.45. The van der Waals surface area contributed by atoms with Crippen LogP contribution in [0, 0.1) is 5.82 Å². The van der Waals surface area contributed by atoms with E-state index in [-0.39, 0.29) is 11.8 Å². The monoisotopic (exact) mass is 267 g/mol. The van der Waals surface area contributed by atoms with Gasteiger partial charge in [0.2, 0.25) is 0 Å². The predicted octanol–water partition coefficient (Wildman–Crippen LogP) is 2.53. The summed E-state index contributed by atoms with van der Waals surface area (Å²) < 4.78 is 13.3. The van der Waals surface area contributed by atoms with Gasteiger partial charge in [0.25, 0.3) is 0 Å². The number of aromatic hydroxyl groups is 1. The zero-order valence-corrected chi connectivity index (χ0v) is 10.8. The van der Waals surface area contributed by atoms with Crippen molar-refractivity contribution in [2.45, 2.75) is 38.3 Å².